The van der Waals surface area contributed by atoms with Crippen molar-refractivity contribution in [2.45, 2.75) is 6.61 Å². The van der Waals surface area contributed by atoms with Gasteiger partial charge in [0.15, 0.2) is 17.3 Å². The van der Waals surface area contributed by atoms with Crippen molar-refractivity contribution in [2.24, 2.45) is 5.10 Å². The van der Waals surface area contributed by atoms with Gasteiger partial charge < -0.3 is 13.9 Å². The summed E-state index contributed by atoms with van der Waals surface area (Å²) >= 11 is 6.20. The third kappa shape index (κ3) is 4.83. The topological polar surface area (TPSA) is 73.1 Å². The van der Waals surface area contributed by atoms with Gasteiger partial charge in [-0.3, -0.25) is 4.79 Å². The molecule has 1 aromatic heterocycles. The molecule has 0 atom stereocenters. The first-order chi connectivity index (χ1) is 17.1. The zero-order valence-electron chi connectivity index (χ0n) is 18.8. The van der Waals surface area contributed by atoms with E-state index >= 15 is 0 Å². The molecule has 0 bridgehead atoms. The van der Waals surface area contributed by atoms with Crippen LogP contribution in [0.25, 0.3) is 21.7 Å². The number of hydrogen-bond acceptors (Lipinski definition) is 5. The molecular formula is C28H21ClN2O4. The molecule has 35 heavy (non-hydrogen) atoms. The van der Waals surface area contributed by atoms with Gasteiger partial charge in [0.1, 0.15) is 12.2 Å². The fraction of sp³-hybridized carbons (Fsp3) is 0.0714. The fourth-order valence-electron chi connectivity index (χ4n) is 3.78. The van der Waals surface area contributed by atoms with E-state index in [0.29, 0.717) is 28.7 Å². The van der Waals surface area contributed by atoms with Gasteiger partial charge in [-0.15, -0.1) is 0 Å². The van der Waals surface area contributed by atoms with Crippen LogP contribution in [0.5, 0.6) is 11.5 Å². The molecule has 4 aromatic carbocycles. The highest BCUT2D eigenvalue weighted by Crippen LogP contribution is 2.30. The number of fused-ring (bicyclic) bond motifs is 3. The van der Waals surface area contributed by atoms with Crippen molar-refractivity contribution in [2.75, 3.05) is 7.11 Å². The average Bonchev–Trinajstić information content (AvgIpc) is 3.34. The summed E-state index contributed by atoms with van der Waals surface area (Å²) in [4.78, 5) is 12.6. The molecule has 7 heteroatoms. The molecule has 0 aliphatic heterocycles. The van der Waals surface area contributed by atoms with Crippen molar-refractivity contribution in [1.82, 2.24) is 5.43 Å². The van der Waals surface area contributed by atoms with Crippen LogP contribution < -0.4 is 14.9 Å². The summed E-state index contributed by atoms with van der Waals surface area (Å²) in [5.41, 5.74) is 4.76. The number of halogens is 1. The van der Waals surface area contributed by atoms with E-state index < -0.39 is 5.91 Å². The summed E-state index contributed by atoms with van der Waals surface area (Å²) in [7, 11) is 1.56. The summed E-state index contributed by atoms with van der Waals surface area (Å²) in [6.45, 7) is 0.312. The Morgan fingerprint density at radius 1 is 0.971 bits per heavy atom. The monoisotopic (exact) mass is 484 g/mol. The lowest BCUT2D eigenvalue weighted by Crippen LogP contribution is -2.16. The maximum atomic E-state index is 12.6. The molecular weight excluding hydrogens is 464 g/mol. The Kier molecular flexibility index (Phi) is 6.37. The Labute approximate surface area is 206 Å². The average molecular weight is 485 g/mol. The van der Waals surface area contributed by atoms with E-state index in [0.717, 1.165) is 27.3 Å². The number of nitrogens with zero attached hydrogens (tertiary/aromatic N) is 1. The lowest BCUT2D eigenvalue weighted by Gasteiger charge is -2.12. The van der Waals surface area contributed by atoms with Gasteiger partial charge in [0.05, 0.1) is 13.3 Å². The van der Waals surface area contributed by atoms with Crippen molar-refractivity contribution >= 4 is 45.5 Å². The van der Waals surface area contributed by atoms with E-state index in [1.165, 1.54) is 6.21 Å². The predicted molar refractivity (Wildman–Crippen MR) is 138 cm³/mol. The number of carbonyl (C=O) groups excluding carboxylic acids is 1. The first-order valence-electron chi connectivity index (χ1n) is 10.9. The molecule has 0 spiro atoms. The Morgan fingerprint density at radius 3 is 2.66 bits per heavy atom. The van der Waals surface area contributed by atoms with Crippen LogP contribution in [0.3, 0.4) is 0 Å². The molecule has 0 aliphatic carbocycles. The summed E-state index contributed by atoms with van der Waals surface area (Å²) in [5.74, 6) is 0.863. The van der Waals surface area contributed by atoms with Crippen molar-refractivity contribution in [3.8, 4) is 11.5 Å². The lowest BCUT2D eigenvalue weighted by molar-refractivity contribution is 0.0929. The van der Waals surface area contributed by atoms with Crippen molar-refractivity contribution in [1.29, 1.82) is 0 Å². The van der Waals surface area contributed by atoms with Gasteiger partial charge in [0, 0.05) is 16.0 Å². The predicted octanol–water partition coefficient (Wildman–Crippen LogP) is 6.59. The van der Waals surface area contributed by atoms with Gasteiger partial charge in [0.2, 0.25) is 0 Å². The van der Waals surface area contributed by atoms with Gasteiger partial charge in [-0.05, 0) is 52.7 Å². The highest BCUT2D eigenvalue weighted by Gasteiger charge is 2.13. The molecule has 0 saturated heterocycles. The SMILES string of the molecule is COc1cc(C=NNC(=O)c2cc3c(ccc4ccccc43)o2)ccc1OCc1ccccc1Cl. The Balaban J connectivity index is 1.27. The molecule has 1 N–H and O–H groups in total. The van der Waals surface area contributed by atoms with Gasteiger partial charge >= 0.3 is 5.91 Å². The Bertz CT molecular complexity index is 1560. The molecule has 0 radical (unpaired) electrons. The molecule has 6 nitrogen and oxygen atoms in total. The number of amides is 1. The standard InChI is InChI=1S/C28H21ClN2O4/c1-33-26-14-18(10-12-25(26)34-17-20-7-3-5-9-23(20)29)16-30-31-28(32)27-15-22-21-8-4-2-6-19(21)11-13-24(22)35-27/h2-16H,17H2,1H3,(H,31,32). The van der Waals surface area contributed by atoms with Crippen molar-refractivity contribution in [3.05, 3.63) is 107 Å². The van der Waals surface area contributed by atoms with E-state index in [1.807, 2.05) is 66.7 Å². The van der Waals surface area contributed by atoms with Crippen LogP contribution in [-0.2, 0) is 6.61 Å². The molecule has 0 fully saturated rings. The molecule has 5 aromatic rings. The van der Waals surface area contributed by atoms with Gasteiger partial charge in [-0.1, -0.05) is 60.1 Å². The lowest BCUT2D eigenvalue weighted by atomic mass is 10.1. The van der Waals surface area contributed by atoms with Crippen molar-refractivity contribution < 1.29 is 18.7 Å². The summed E-state index contributed by atoms with van der Waals surface area (Å²) < 4.78 is 17.1. The van der Waals surface area contributed by atoms with Gasteiger partial charge in [0.25, 0.3) is 0 Å². The molecule has 0 unspecified atom stereocenters. The zero-order chi connectivity index (χ0) is 24.2. The number of carbonyl (C=O) groups is 1. The number of ether oxygens (including phenoxy) is 2. The highest BCUT2D eigenvalue weighted by atomic mass is 35.5. The number of rotatable bonds is 7. The minimum absolute atomic E-state index is 0.189. The minimum Gasteiger partial charge on any atom is -0.493 e. The minimum atomic E-state index is -0.437. The number of methoxy groups -OCH3 is 1. The second-order valence-electron chi connectivity index (χ2n) is 7.80. The van der Waals surface area contributed by atoms with Crippen LogP contribution in [0, 0.1) is 0 Å². The summed E-state index contributed by atoms with van der Waals surface area (Å²) in [5, 5.41) is 7.70. The van der Waals surface area contributed by atoms with E-state index in [9.17, 15) is 4.79 Å². The molecule has 1 heterocycles. The first-order valence-corrected chi connectivity index (χ1v) is 11.3. The molecule has 0 aliphatic rings. The van der Waals surface area contributed by atoms with E-state index in [-0.39, 0.29) is 5.76 Å². The molecule has 0 saturated carbocycles. The largest absolute Gasteiger partial charge is 0.493 e. The fourth-order valence-corrected chi connectivity index (χ4v) is 3.97. The summed E-state index contributed by atoms with van der Waals surface area (Å²) in [6.07, 6.45) is 1.52. The van der Waals surface area contributed by atoms with E-state index in [1.54, 1.807) is 25.3 Å². The van der Waals surface area contributed by atoms with Crippen LogP contribution in [0.1, 0.15) is 21.7 Å². The molecule has 5 rings (SSSR count). The number of benzene rings is 4. The number of hydrazone groups is 1. The highest BCUT2D eigenvalue weighted by molar-refractivity contribution is 6.31. The Hall–Kier alpha value is -4.29. The third-order valence-corrected chi connectivity index (χ3v) is 5.93. The first kappa shape index (κ1) is 22.5. The number of furan rings is 1. The zero-order valence-corrected chi connectivity index (χ0v) is 19.6. The normalized spacial score (nSPS) is 11.3. The van der Waals surface area contributed by atoms with Crippen LogP contribution >= 0.6 is 11.6 Å². The summed E-state index contributed by atoms with van der Waals surface area (Å²) in [6, 6.07) is 26.4. The van der Waals surface area contributed by atoms with E-state index in [2.05, 4.69) is 10.5 Å². The number of hydrogen-bond donors (Lipinski definition) is 1. The van der Waals surface area contributed by atoms with Crippen LogP contribution in [0.2, 0.25) is 5.02 Å². The Morgan fingerprint density at radius 2 is 1.80 bits per heavy atom. The quantitative estimate of drug-likeness (QED) is 0.209. The number of nitrogens with one attached hydrogen (secondary N) is 1. The van der Waals surface area contributed by atoms with E-state index in [4.69, 9.17) is 25.5 Å². The third-order valence-electron chi connectivity index (χ3n) is 5.56. The maximum Gasteiger partial charge on any atom is 0.307 e. The second kappa shape index (κ2) is 9.91. The molecule has 1 amide bonds. The second-order valence-corrected chi connectivity index (χ2v) is 8.21. The van der Waals surface area contributed by atoms with Gasteiger partial charge in [-0.25, -0.2) is 5.43 Å². The smallest absolute Gasteiger partial charge is 0.307 e. The van der Waals surface area contributed by atoms with Crippen molar-refractivity contribution in [3.63, 3.8) is 0 Å². The molecule has 174 valence electrons. The van der Waals surface area contributed by atoms with Crippen LogP contribution in [0.15, 0.2) is 94.4 Å². The van der Waals surface area contributed by atoms with Crippen LogP contribution in [0.4, 0.5) is 0 Å². The van der Waals surface area contributed by atoms with Crippen LogP contribution in [-0.4, -0.2) is 19.2 Å². The maximum absolute atomic E-state index is 12.6. The van der Waals surface area contributed by atoms with Gasteiger partial charge in [-0.2, -0.15) is 5.10 Å².